The van der Waals surface area contributed by atoms with Crippen LogP contribution in [0.25, 0.3) is 5.52 Å². The minimum Gasteiger partial charge on any atom is -0.487 e. The van der Waals surface area contributed by atoms with E-state index in [1.807, 2.05) is 42.5 Å². The van der Waals surface area contributed by atoms with Gasteiger partial charge in [-0.3, -0.25) is 0 Å². The first kappa shape index (κ1) is 13.2. The van der Waals surface area contributed by atoms with Gasteiger partial charge in [-0.2, -0.15) is 5.10 Å². The number of fused-ring (bicyclic) bond motifs is 1. The van der Waals surface area contributed by atoms with E-state index >= 15 is 0 Å². The summed E-state index contributed by atoms with van der Waals surface area (Å²) in [6.07, 6.45) is 3.24. The van der Waals surface area contributed by atoms with Crippen molar-refractivity contribution in [2.75, 3.05) is 7.11 Å². The Morgan fingerprint density at radius 1 is 1.19 bits per heavy atom. The summed E-state index contributed by atoms with van der Waals surface area (Å²) in [5.74, 6) is 0.167. The lowest BCUT2D eigenvalue weighted by Crippen LogP contribution is -2.03. The average molecular weight is 282 g/mol. The Bertz CT molecular complexity index is 766. The molecule has 1 aromatic carbocycles. The van der Waals surface area contributed by atoms with Crippen molar-refractivity contribution in [3.63, 3.8) is 0 Å². The monoisotopic (exact) mass is 282 g/mol. The van der Waals surface area contributed by atoms with E-state index in [0.717, 1.165) is 5.56 Å². The van der Waals surface area contributed by atoms with Crippen molar-refractivity contribution >= 4 is 11.5 Å². The zero-order valence-corrected chi connectivity index (χ0v) is 11.5. The molecule has 2 aromatic heterocycles. The van der Waals surface area contributed by atoms with Gasteiger partial charge in [-0.25, -0.2) is 9.31 Å². The highest BCUT2D eigenvalue weighted by atomic mass is 16.5. The minimum atomic E-state index is -0.430. The molecule has 5 heteroatoms. The van der Waals surface area contributed by atoms with Crippen molar-refractivity contribution < 1.29 is 14.3 Å². The van der Waals surface area contributed by atoms with Gasteiger partial charge in [-0.05, 0) is 17.7 Å². The third-order valence-corrected chi connectivity index (χ3v) is 3.15. The van der Waals surface area contributed by atoms with E-state index in [0.29, 0.717) is 23.4 Å². The molecule has 5 nitrogen and oxygen atoms in total. The predicted octanol–water partition coefficient (Wildman–Crippen LogP) is 2.70. The molecule has 3 aromatic rings. The van der Waals surface area contributed by atoms with Crippen LogP contribution in [0.4, 0.5) is 0 Å². The number of hydrogen-bond donors (Lipinski definition) is 0. The molecule has 3 rings (SSSR count). The van der Waals surface area contributed by atoms with Gasteiger partial charge in [0.05, 0.1) is 13.3 Å². The fraction of sp³-hybridized carbons (Fsp3) is 0.125. The highest BCUT2D eigenvalue weighted by molar-refractivity contribution is 5.98. The van der Waals surface area contributed by atoms with Crippen LogP contribution in [-0.4, -0.2) is 22.7 Å². The quantitative estimate of drug-likeness (QED) is 0.690. The molecule has 0 radical (unpaired) electrons. The maximum atomic E-state index is 11.8. The van der Waals surface area contributed by atoms with Crippen LogP contribution in [0.5, 0.6) is 5.75 Å². The van der Waals surface area contributed by atoms with Gasteiger partial charge < -0.3 is 9.47 Å². The lowest BCUT2D eigenvalue weighted by Gasteiger charge is -2.08. The van der Waals surface area contributed by atoms with Gasteiger partial charge in [-0.15, -0.1) is 0 Å². The minimum absolute atomic E-state index is 0.390. The number of carbonyl (C=O) groups excluding carboxylic acids is 1. The van der Waals surface area contributed by atoms with Crippen LogP contribution in [0.15, 0.2) is 54.9 Å². The van der Waals surface area contributed by atoms with E-state index < -0.39 is 5.97 Å². The van der Waals surface area contributed by atoms with E-state index in [2.05, 4.69) is 5.10 Å². The lowest BCUT2D eigenvalue weighted by molar-refractivity contribution is 0.0602. The number of ether oxygens (including phenoxy) is 2. The Morgan fingerprint density at radius 2 is 2.00 bits per heavy atom. The molecule has 0 bridgehead atoms. The summed E-state index contributed by atoms with van der Waals surface area (Å²) in [5.41, 5.74) is 2.06. The van der Waals surface area contributed by atoms with E-state index in [1.165, 1.54) is 13.3 Å². The molecule has 0 aliphatic rings. The summed E-state index contributed by atoms with van der Waals surface area (Å²) in [6.45, 7) is 0.423. The van der Waals surface area contributed by atoms with Crippen molar-refractivity contribution in [2.24, 2.45) is 0 Å². The number of methoxy groups -OCH3 is 1. The van der Waals surface area contributed by atoms with Gasteiger partial charge in [0.25, 0.3) is 0 Å². The highest BCUT2D eigenvalue weighted by Crippen LogP contribution is 2.24. The SMILES string of the molecule is COC(=O)c1cnn2cccc(OCc3ccccc3)c12. The summed E-state index contributed by atoms with van der Waals surface area (Å²) in [4.78, 5) is 11.8. The predicted molar refractivity (Wildman–Crippen MR) is 77.3 cm³/mol. The normalized spacial score (nSPS) is 10.5. The first-order valence-electron chi connectivity index (χ1n) is 6.51. The van der Waals surface area contributed by atoms with Gasteiger partial charge in [0.2, 0.25) is 0 Å². The second kappa shape index (κ2) is 5.66. The van der Waals surface area contributed by atoms with E-state index in [4.69, 9.17) is 9.47 Å². The molecular weight excluding hydrogens is 268 g/mol. The molecule has 21 heavy (non-hydrogen) atoms. The van der Waals surface area contributed by atoms with Gasteiger partial charge in [0, 0.05) is 6.20 Å². The molecule has 0 N–H and O–H groups in total. The van der Waals surface area contributed by atoms with Gasteiger partial charge in [0.1, 0.15) is 23.4 Å². The molecule has 2 heterocycles. The first-order chi connectivity index (χ1) is 10.3. The highest BCUT2D eigenvalue weighted by Gasteiger charge is 2.16. The van der Waals surface area contributed by atoms with Gasteiger partial charge in [-0.1, -0.05) is 30.3 Å². The summed E-state index contributed by atoms with van der Waals surface area (Å²) >= 11 is 0. The standard InChI is InChI=1S/C16H14N2O3/c1-20-16(19)13-10-17-18-9-5-8-14(15(13)18)21-11-12-6-3-2-4-7-12/h2-10H,11H2,1H3. The summed E-state index contributed by atoms with van der Waals surface area (Å²) < 4.78 is 12.2. The Labute approximate surface area is 121 Å². The van der Waals surface area contributed by atoms with Crippen molar-refractivity contribution in [2.45, 2.75) is 6.61 Å². The molecule has 0 spiro atoms. The van der Waals surface area contributed by atoms with Crippen LogP contribution < -0.4 is 4.74 Å². The number of nitrogens with zero attached hydrogens (tertiary/aromatic N) is 2. The van der Waals surface area contributed by atoms with Gasteiger partial charge >= 0.3 is 5.97 Å². The number of hydrogen-bond acceptors (Lipinski definition) is 4. The number of pyridine rings is 1. The van der Waals surface area contributed by atoms with Crippen molar-refractivity contribution in [1.82, 2.24) is 9.61 Å². The van der Waals surface area contributed by atoms with E-state index in [-0.39, 0.29) is 0 Å². The summed E-state index contributed by atoms with van der Waals surface area (Å²) in [5, 5.41) is 4.14. The first-order valence-corrected chi connectivity index (χ1v) is 6.51. The number of rotatable bonds is 4. The van der Waals surface area contributed by atoms with Crippen LogP contribution >= 0.6 is 0 Å². The molecule has 0 saturated heterocycles. The van der Waals surface area contributed by atoms with Crippen LogP contribution in [0.3, 0.4) is 0 Å². The van der Waals surface area contributed by atoms with Crippen LogP contribution in [0, 0.1) is 0 Å². The van der Waals surface area contributed by atoms with Crippen LogP contribution in [-0.2, 0) is 11.3 Å². The fourth-order valence-electron chi connectivity index (χ4n) is 2.12. The molecule has 0 amide bonds. The second-order valence-electron chi connectivity index (χ2n) is 4.49. The van der Waals surface area contributed by atoms with Crippen molar-refractivity contribution in [3.05, 3.63) is 66.0 Å². The van der Waals surface area contributed by atoms with Crippen LogP contribution in [0.2, 0.25) is 0 Å². The molecule has 0 unspecified atom stereocenters. The molecule has 0 atom stereocenters. The Hall–Kier alpha value is -2.82. The van der Waals surface area contributed by atoms with Gasteiger partial charge in [0.15, 0.2) is 0 Å². The maximum Gasteiger partial charge on any atom is 0.341 e. The zero-order valence-electron chi connectivity index (χ0n) is 11.5. The zero-order chi connectivity index (χ0) is 14.7. The molecule has 0 saturated carbocycles. The van der Waals surface area contributed by atoms with Crippen molar-refractivity contribution in [1.29, 1.82) is 0 Å². The Morgan fingerprint density at radius 3 is 2.76 bits per heavy atom. The molecule has 0 aliphatic carbocycles. The maximum absolute atomic E-state index is 11.8. The number of carbonyl (C=O) groups is 1. The third-order valence-electron chi connectivity index (χ3n) is 3.15. The van der Waals surface area contributed by atoms with E-state index in [1.54, 1.807) is 10.7 Å². The number of aromatic nitrogens is 2. The van der Waals surface area contributed by atoms with Crippen LogP contribution in [0.1, 0.15) is 15.9 Å². The lowest BCUT2D eigenvalue weighted by atomic mass is 10.2. The summed E-state index contributed by atoms with van der Waals surface area (Å²) in [6, 6.07) is 13.5. The molecule has 0 aliphatic heterocycles. The number of esters is 1. The summed E-state index contributed by atoms with van der Waals surface area (Å²) in [7, 11) is 1.35. The Kier molecular flexibility index (Phi) is 3.55. The molecular formula is C16H14N2O3. The Balaban J connectivity index is 1.94. The van der Waals surface area contributed by atoms with E-state index in [9.17, 15) is 4.79 Å². The van der Waals surface area contributed by atoms with Crippen molar-refractivity contribution in [3.8, 4) is 5.75 Å². The smallest absolute Gasteiger partial charge is 0.341 e. The molecule has 106 valence electrons. The number of benzene rings is 1. The third kappa shape index (κ3) is 2.58. The fourth-order valence-corrected chi connectivity index (χ4v) is 2.12. The largest absolute Gasteiger partial charge is 0.487 e. The topological polar surface area (TPSA) is 52.8 Å². The molecule has 0 fully saturated rings. The average Bonchev–Trinajstić information content (AvgIpc) is 2.98. The second-order valence-corrected chi connectivity index (χ2v) is 4.49.